The number of benzene rings is 3. The van der Waals surface area contributed by atoms with E-state index in [4.69, 9.17) is 11.1 Å². The molecule has 5 nitrogen and oxygen atoms in total. The highest BCUT2D eigenvalue weighted by atomic mass is 16.2. The molecule has 0 spiro atoms. The fourth-order valence-corrected chi connectivity index (χ4v) is 3.99. The van der Waals surface area contributed by atoms with E-state index in [0.717, 1.165) is 29.7 Å². The number of amides is 1. The minimum absolute atomic E-state index is 0.000794. The molecule has 0 saturated carbocycles. The van der Waals surface area contributed by atoms with Crippen molar-refractivity contribution in [1.29, 1.82) is 5.41 Å². The van der Waals surface area contributed by atoms with Crippen molar-refractivity contribution in [2.75, 3.05) is 11.4 Å². The van der Waals surface area contributed by atoms with Crippen LogP contribution in [0.5, 0.6) is 0 Å². The van der Waals surface area contributed by atoms with Gasteiger partial charge in [0.05, 0.1) is 0 Å². The van der Waals surface area contributed by atoms with Crippen LogP contribution in [0.25, 0.3) is 0 Å². The molecule has 5 heteroatoms. The number of amidine groups is 1. The monoisotopic (exact) mass is 411 g/mol. The number of fused-ring (bicyclic) bond motifs is 1. The van der Waals surface area contributed by atoms with Gasteiger partial charge in [-0.2, -0.15) is 0 Å². The molecule has 0 radical (unpaired) electrons. The summed E-state index contributed by atoms with van der Waals surface area (Å²) in [6, 6.07) is 22.4. The van der Waals surface area contributed by atoms with E-state index in [2.05, 4.69) is 0 Å². The van der Waals surface area contributed by atoms with Gasteiger partial charge in [-0.1, -0.05) is 54.6 Å². The lowest BCUT2D eigenvalue weighted by molar-refractivity contribution is -0.118. The molecule has 3 aromatic rings. The molecule has 0 aliphatic carbocycles. The van der Waals surface area contributed by atoms with Gasteiger partial charge < -0.3 is 10.6 Å². The van der Waals surface area contributed by atoms with Gasteiger partial charge in [0.1, 0.15) is 5.84 Å². The van der Waals surface area contributed by atoms with Crippen LogP contribution >= 0.6 is 0 Å². The summed E-state index contributed by atoms with van der Waals surface area (Å²) in [5, 5.41) is 7.47. The highest BCUT2D eigenvalue weighted by Crippen LogP contribution is 2.29. The summed E-state index contributed by atoms with van der Waals surface area (Å²) in [6.07, 6.45) is 2.79. The normalized spacial score (nSPS) is 12.8. The maximum atomic E-state index is 13.0. The molecule has 1 heterocycles. The molecule has 0 saturated heterocycles. The van der Waals surface area contributed by atoms with Crippen molar-refractivity contribution in [1.82, 2.24) is 0 Å². The third kappa shape index (κ3) is 4.56. The van der Waals surface area contributed by atoms with Gasteiger partial charge in [0.25, 0.3) is 0 Å². The Kier molecular flexibility index (Phi) is 5.94. The van der Waals surface area contributed by atoms with E-state index in [0.29, 0.717) is 36.1 Å². The van der Waals surface area contributed by atoms with Crippen LogP contribution in [0.3, 0.4) is 0 Å². The van der Waals surface area contributed by atoms with Gasteiger partial charge >= 0.3 is 0 Å². The van der Waals surface area contributed by atoms with Crippen molar-refractivity contribution in [2.24, 2.45) is 5.73 Å². The molecule has 1 amide bonds. The quantitative estimate of drug-likeness (QED) is 0.363. The highest BCUT2D eigenvalue weighted by molar-refractivity contribution is 6.09. The molecule has 31 heavy (non-hydrogen) atoms. The topological polar surface area (TPSA) is 87.2 Å². The van der Waals surface area contributed by atoms with Crippen LogP contribution in [0.15, 0.2) is 72.8 Å². The minimum Gasteiger partial charge on any atom is -0.384 e. The first-order chi connectivity index (χ1) is 15.0. The number of hydrogen-bond acceptors (Lipinski definition) is 3. The smallest absolute Gasteiger partial charge is 0.227 e. The molecular formula is C26H25N3O2. The van der Waals surface area contributed by atoms with Crippen molar-refractivity contribution in [3.8, 4) is 0 Å². The van der Waals surface area contributed by atoms with Crippen LogP contribution in [0.2, 0.25) is 0 Å². The number of nitrogens with two attached hydrogens (primary N) is 1. The Morgan fingerprint density at radius 3 is 2.32 bits per heavy atom. The lowest BCUT2D eigenvalue weighted by atomic mass is 9.95. The van der Waals surface area contributed by atoms with Gasteiger partial charge in [-0.25, -0.2) is 0 Å². The molecule has 0 atom stereocenters. The molecule has 0 unspecified atom stereocenters. The number of nitrogen functional groups attached to an aromatic ring is 1. The van der Waals surface area contributed by atoms with E-state index in [1.165, 1.54) is 0 Å². The van der Waals surface area contributed by atoms with Crippen LogP contribution in [0.4, 0.5) is 5.69 Å². The summed E-state index contributed by atoms with van der Waals surface area (Å²) in [4.78, 5) is 27.6. The van der Waals surface area contributed by atoms with E-state index in [-0.39, 0.29) is 17.5 Å². The number of aryl methyl sites for hydroxylation is 2. The number of hydrogen-bond donors (Lipinski definition) is 2. The zero-order chi connectivity index (χ0) is 21.8. The Morgan fingerprint density at radius 1 is 0.903 bits per heavy atom. The van der Waals surface area contributed by atoms with E-state index in [1.807, 2.05) is 77.7 Å². The second-order valence-electron chi connectivity index (χ2n) is 7.80. The van der Waals surface area contributed by atoms with Gasteiger partial charge in [0, 0.05) is 35.3 Å². The Hall–Kier alpha value is -3.73. The number of nitrogens with one attached hydrogen (secondary N) is 1. The van der Waals surface area contributed by atoms with Crippen molar-refractivity contribution >= 4 is 23.2 Å². The SMILES string of the molecule is N=C(N)c1ccc(CCC(=O)N2CCCc3cc(C(=O)c4ccccc4)ccc32)cc1. The van der Waals surface area contributed by atoms with Crippen molar-refractivity contribution in [2.45, 2.75) is 25.7 Å². The van der Waals surface area contributed by atoms with Crippen LogP contribution in [0, 0.1) is 5.41 Å². The fourth-order valence-electron chi connectivity index (χ4n) is 3.99. The van der Waals surface area contributed by atoms with E-state index in [1.54, 1.807) is 0 Å². The van der Waals surface area contributed by atoms with Crippen LogP contribution < -0.4 is 10.6 Å². The summed E-state index contributed by atoms with van der Waals surface area (Å²) in [7, 11) is 0. The third-order valence-corrected chi connectivity index (χ3v) is 5.69. The molecule has 4 rings (SSSR count). The van der Waals surface area contributed by atoms with E-state index < -0.39 is 0 Å². The summed E-state index contributed by atoms with van der Waals surface area (Å²) >= 11 is 0. The Balaban J connectivity index is 1.47. The van der Waals surface area contributed by atoms with Crippen molar-refractivity contribution in [3.63, 3.8) is 0 Å². The first kappa shape index (κ1) is 20.5. The van der Waals surface area contributed by atoms with Crippen molar-refractivity contribution in [3.05, 3.63) is 101 Å². The van der Waals surface area contributed by atoms with Crippen LogP contribution in [-0.4, -0.2) is 24.1 Å². The molecular weight excluding hydrogens is 386 g/mol. The number of anilines is 1. The number of carbonyl (C=O) groups excluding carboxylic acids is 2. The summed E-state index contributed by atoms with van der Waals surface area (Å²) in [6.45, 7) is 0.696. The predicted molar refractivity (Wildman–Crippen MR) is 123 cm³/mol. The maximum absolute atomic E-state index is 13.0. The van der Waals surface area contributed by atoms with Crippen molar-refractivity contribution < 1.29 is 9.59 Å². The van der Waals surface area contributed by atoms with Gasteiger partial charge in [-0.15, -0.1) is 0 Å². The maximum Gasteiger partial charge on any atom is 0.227 e. The molecule has 0 bridgehead atoms. The lowest BCUT2D eigenvalue weighted by Gasteiger charge is -2.30. The lowest BCUT2D eigenvalue weighted by Crippen LogP contribution is -2.35. The summed E-state index contributed by atoms with van der Waals surface area (Å²) in [5.74, 6) is 0.122. The number of rotatable bonds is 6. The minimum atomic E-state index is 0.000794. The molecule has 156 valence electrons. The second kappa shape index (κ2) is 8.96. The molecule has 3 aromatic carbocycles. The standard InChI is InChI=1S/C26H25N3O2/c27-26(28)20-11-8-18(9-12-20)10-15-24(30)29-16-4-7-21-17-22(13-14-23(21)29)25(31)19-5-2-1-3-6-19/h1-3,5-6,8-9,11-14,17H,4,7,10,15-16H2,(H3,27,28). The molecule has 1 aliphatic rings. The zero-order valence-corrected chi connectivity index (χ0v) is 17.3. The predicted octanol–water partition coefficient (Wildman–Crippen LogP) is 4.11. The van der Waals surface area contributed by atoms with E-state index in [9.17, 15) is 9.59 Å². The molecule has 3 N–H and O–H groups in total. The van der Waals surface area contributed by atoms with Gasteiger partial charge in [-0.3, -0.25) is 15.0 Å². The molecule has 1 aliphatic heterocycles. The van der Waals surface area contributed by atoms with Gasteiger partial charge in [0.2, 0.25) is 5.91 Å². The highest BCUT2D eigenvalue weighted by Gasteiger charge is 2.23. The van der Waals surface area contributed by atoms with Crippen LogP contribution in [-0.2, 0) is 17.6 Å². The fraction of sp³-hybridized carbons (Fsp3) is 0.192. The number of ketones is 1. The van der Waals surface area contributed by atoms with Gasteiger partial charge in [-0.05, 0) is 48.6 Å². The van der Waals surface area contributed by atoms with E-state index >= 15 is 0 Å². The summed E-state index contributed by atoms with van der Waals surface area (Å²) in [5.41, 5.74) is 10.5. The number of nitrogens with zero attached hydrogens (tertiary/aromatic N) is 1. The number of carbonyl (C=O) groups is 2. The first-order valence-electron chi connectivity index (χ1n) is 10.5. The largest absolute Gasteiger partial charge is 0.384 e. The Labute approximate surface area is 182 Å². The average Bonchev–Trinajstić information content (AvgIpc) is 2.82. The first-order valence-corrected chi connectivity index (χ1v) is 10.5. The average molecular weight is 412 g/mol. The Bertz CT molecular complexity index is 1120. The van der Waals surface area contributed by atoms with Gasteiger partial charge in [0.15, 0.2) is 5.78 Å². The Morgan fingerprint density at radius 2 is 1.61 bits per heavy atom. The second-order valence-corrected chi connectivity index (χ2v) is 7.80. The van der Waals surface area contributed by atoms with Crippen LogP contribution in [0.1, 0.15) is 45.5 Å². The molecule has 0 aromatic heterocycles. The zero-order valence-electron chi connectivity index (χ0n) is 17.3. The molecule has 0 fully saturated rings. The third-order valence-electron chi connectivity index (χ3n) is 5.69. The summed E-state index contributed by atoms with van der Waals surface area (Å²) < 4.78 is 0.